The van der Waals surface area contributed by atoms with Crippen LogP contribution < -0.4 is 4.90 Å². The Bertz CT molecular complexity index is 888. The van der Waals surface area contributed by atoms with E-state index in [1.54, 1.807) is 37.7 Å². The summed E-state index contributed by atoms with van der Waals surface area (Å²) in [6, 6.07) is 17.6. The number of amides is 2. The molecule has 0 saturated heterocycles. The molecule has 5 heteroatoms. The first-order chi connectivity index (χ1) is 13.6. The van der Waals surface area contributed by atoms with Gasteiger partial charge in [0.1, 0.15) is 0 Å². The molecule has 2 aromatic rings. The van der Waals surface area contributed by atoms with Gasteiger partial charge in [-0.15, -0.1) is 0 Å². The fourth-order valence-corrected chi connectivity index (χ4v) is 4.02. The molecule has 2 amide bonds. The smallest absolute Gasteiger partial charge is 0.238 e. The predicted molar refractivity (Wildman–Crippen MR) is 115 cm³/mol. The molecule has 1 aliphatic heterocycles. The van der Waals surface area contributed by atoms with E-state index < -0.39 is 11.0 Å². The number of likely N-dealkylation sites (N-methyl/N-ethyl adjacent to an activating group) is 1. The number of hydrogen-bond acceptors (Lipinski definition) is 3. The normalized spacial score (nSPS) is 18.7. The molecule has 1 unspecified atom stereocenters. The number of hydrogen-bond donors (Lipinski definition) is 1. The summed E-state index contributed by atoms with van der Waals surface area (Å²) in [4.78, 5) is 29.9. The molecule has 1 aliphatic rings. The lowest BCUT2D eigenvalue weighted by Crippen LogP contribution is -2.45. The zero-order valence-corrected chi connectivity index (χ0v) is 17.7. The third-order valence-electron chi connectivity index (χ3n) is 5.78. The lowest BCUT2D eigenvalue weighted by molar-refractivity contribution is -0.135. The molecular formula is C24H30N2O3. The minimum atomic E-state index is -0.924. The van der Waals surface area contributed by atoms with Crippen LogP contribution in [-0.4, -0.2) is 48.1 Å². The van der Waals surface area contributed by atoms with Gasteiger partial charge in [-0.05, 0) is 43.9 Å². The van der Waals surface area contributed by atoms with Crippen molar-refractivity contribution < 1.29 is 14.7 Å². The summed E-state index contributed by atoms with van der Waals surface area (Å²) in [6.07, 6.45) is 1.05. The van der Waals surface area contributed by atoms with Crippen molar-refractivity contribution in [3.05, 3.63) is 65.7 Å². The predicted octanol–water partition coefficient (Wildman–Crippen LogP) is 3.15. The van der Waals surface area contributed by atoms with Crippen LogP contribution in [0.3, 0.4) is 0 Å². The van der Waals surface area contributed by atoms with Crippen LogP contribution >= 0.6 is 0 Å². The van der Waals surface area contributed by atoms with Gasteiger partial charge in [0.05, 0.1) is 11.0 Å². The summed E-state index contributed by atoms with van der Waals surface area (Å²) in [6.45, 7) is 3.90. The lowest BCUT2D eigenvalue weighted by Gasteiger charge is -2.31. The SMILES string of the molecule is CN(CCC(C)(C)O)C(=O)CC1(Cc2ccccc2)C(=O)N(C)c2ccccc21. The van der Waals surface area contributed by atoms with Gasteiger partial charge in [-0.1, -0.05) is 48.5 Å². The third kappa shape index (κ3) is 4.35. The van der Waals surface area contributed by atoms with Crippen LogP contribution in [0.2, 0.25) is 0 Å². The molecule has 0 spiro atoms. The van der Waals surface area contributed by atoms with Crippen molar-refractivity contribution in [2.24, 2.45) is 0 Å². The summed E-state index contributed by atoms with van der Waals surface area (Å²) in [5, 5.41) is 9.99. The Hall–Kier alpha value is -2.66. The molecular weight excluding hydrogens is 364 g/mol. The van der Waals surface area contributed by atoms with Crippen molar-refractivity contribution >= 4 is 17.5 Å². The zero-order chi connectivity index (χ0) is 21.2. The third-order valence-corrected chi connectivity index (χ3v) is 5.78. The van der Waals surface area contributed by atoms with E-state index >= 15 is 0 Å². The van der Waals surface area contributed by atoms with Crippen LogP contribution in [0, 0.1) is 0 Å². The van der Waals surface area contributed by atoms with E-state index in [2.05, 4.69) is 0 Å². The van der Waals surface area contributed by atoms with Crippen molar-refractivity contribution in [1.29, 1.82) is 0 Å². The van der Waals surface area contributed by atoms with Crippen molar-refractivity contribution in [2.75, 3.05) is 25.5 Å². The minimum absolute atomic E-state index is 0.0493. The summed E-state index contributed by atoms with van der Waals surface area (Å²) < 4.78 is 0. The second-order valence-electron chi connectivity index (χ2n) is 8.68. The monoisotopic (exact) mass is 394 g/mol. The molecule has 1 atom stereocenters. The summed E-state index contributed by atoms with van der Waals surface area (Å²) in [5.74, 6) is -0.143. The van der Waals surface area contributed by atoms with Crippen LogP contribution in [0.1, 0.15) is 37.8 Å². The molecule has 1 N–H and O–H groups in total. The largest absolute Gasteiger partial charge is 0.390 e. The van der Waals surface area contributed by atoms with Gasteiger partial charge < -0.3 is 14.9 Å². The highest BCUT2D eigenvalue weighted by molar-refractivity contribution is 6.09. The molecule has 154 valence electrons. The number of anilines is 1. The van der Waals surface area contributed by atoms with Gasteiger partial charge in [-0.25, -0.2) is 0 Å². The Morgan fingerprint density at radius 3 is 2.38 bits per heavy atom. The fourth-order valence-electron chi connectivity index (χ4n) is 4.02. The first-order valence-corrected chi connectivity index (χ1v) is 10.0. The second kappa shape index (κ2) is 7.99. The van der Waals surface area contributed by atoms with Crippen LogP contribution in [0.25, 0.3) is 0 Å². The summed E-state index contributed by atoms with van der Waals surface area (Å²) >= 11 is 0. The van der Waals surface area contributed by atoms with E-state index in [1.807, 2.05) is 54.6 Å². The maximum absolute atomic E-state index is 13.5. The standard InChI is InChI=1S/C24H30N2O3/c1-23(2,29)14-15-25(3)21(27)17-24(16-18-10-6-5-7-11-18)19-12-8-9-13-20(19)26(4)22(24)28/h5-13,29H,14-17H2,1-4H3. The number of aliphatic hydroxyl groups is 1. The number of benzene rings is 2. The highest BCUT2D eigenvalue weighted by atomic mass is 16.3. The van der Waals surface area contributed by atoms with Crippen LogP contribution in [-0.2, 0) is 21.4 Å². The van der Waals surface area contributed by atoms with Gasteiger partial charge >= 0.3 is 0 Å². The Morgan fingerprint density at radius 1 is 1.10 bits per heavy atom. The van der Waals surface area contributed by atoms with E-state index in [9.17, 15) is 14.7 Å². The fraction of sp³-hybridized carbons (Fsp3) is 0.417. The molecule has 0 bridgehead atoms. The molecule has 3 rings (SSSR count). The average molecular weight is 395 g/mol. The van der Waals surface area contributed by atoms with E-state index in [0.29, 0.717) is 19.4 Å². The number of para-hydroxylation sites is 1. The second-order valence-corrected chi connectivity index (χ2v) is 8.68. The molecule has 1 heterocycles. The Balaban J connectivity index is 1.95. The molecule has 0 radical (unpaired) electrons. The minimum Gasteiger partial charge on any atom is -0.390 e. The summed E-state index contributed by atoms with van der Waals surface area (Å²) in [5.41, 5.74) is 1.03. The molecule has 0 fully saturated rings. The molecule has 29 heavy (non-hydrogen) atoms. The van der Waals surface area contributed by atoms with Crippen LogP contribution in [0.4, 0.5) is 5.69 Å². The first kappa shape index (κ1) is 21.1. The lowest BCUT2D eigenvalue weighted by atomic mass is 9.73. The highest BCUT2D eigenvalue weighted by Crippen LogP contribution is 2.45. The number of carbonyl (C=O) groups is 2. The molecule has 5 nitrogen and oxygen atoms in total. The Kier molecular flexibility index (Phi) is 5.80. The maximum Gasteiger partial charge on any atom is 0.238 e. The Morgan fingerprint density at radius 2 is 1.72 bits per heavy atom. The Labute approximate surface area is 172 Å². The maximum atomic E-state index is 13.5. The van der Waals surface area contributed by atoms with Crippen LogP contribution in [0.15, 0.2) is 54.6 Å². The van der Waals surface area contributed by atoms with Crippen molar-refractivity contribution in [1.82, 2.24) is 4.90 Å². The molecule has 2 aromatic carbocycles. The van der Waals surface area contributed by atoms with Crippen molar-refractivity contribution in [2.45, 2.75) is 44.1 Å². The quantitative estimate of drug-likeness (QED) is 0.785. The highest BCUT2D eigenvalue weighted by Gasteiger charge is 2.51. The number of fused-ring (bicyclic) bond motifs is 1. The number of carbonyl (C=O) groups excluding carboxylic acids is 2. The molecule has 0 aromatic heterocycles. The van der Waals surface area contributed by atoms with Gasteiger partial charge in [0.2, 0.25) is 11.8 Å². The van der Waals surface area contributed by atoms with Crippen LogP contribution in [0.5, 0.6) is 0 Å². The van der Waals surface area contributed by atoms with E-state index in [1.165, 1.54) is 0 Å². The number of nitrogens with zero attached hydrogens (tertiary/aromatic N) is 2. The first-order valence-electron chi connectivity index (χ1n) is 10.0. The number of rotatable bonds is 7. The van der Waals surface area contributed by atoms with Gasteiger partial charge in [0, 0.05) is 32.7 Å². The topological polar surface area (TPSA) is 60.9 Å². The molecule has 0 saturated carbocycles. The van der Waals surface area contributed by atoms with Crippen molar-refractivity contribution in [3.8, 4) is 0 Å². The average Bonchev–Trinajstić information content (AvgIpc) is 2.89. The van der Waals surface area contributed by atoms with E-state index in [0.717, 1.165) is 16.8 Å². The van der Waals surface area contributed by atoms with E-state index in [-0.39, 0.29) is 18.2 Å². The van der Waals surface area contributed by atoms with E-state index in [4.69, 9.17) is 0 Å². The zero-order valence-electron chi connectivity index (χ0n) is 17.7. The molecule has 0 aliphatic carbocycles. The van der Waals surface area contributed by atoms with Gasteiger partial charge in [0.15, 0.2) is 0 Å². The van der Waals surface area contributed by atoms with Crippen molar-refractivity contribution in [3.63, 3.8) is 0 Å². The van der Waals surface area contributed by atoms with Gasteiger partial charge in [-0.3, -0.25) is 9.59 Å². The van der Waals surface area contributed by atoms with Gasteiger partial charge in [0.25, 0.3) is 0 Å². The summed E-state index contributed by atoms with van der Waals surface area (Å²) in [7, 11) is 3.51. The van der Waals surface area contributed by atoms with Gasteiger partial charge in [-0.2, -0.15) is 0 Å².